The molecule has 3 nitrogen and oxygen atoms in total. The van der Waals surface area contributed by atoms with Gasteiger partial charge in [-0.15, -0.1) is 0 Å². The number of hydrogen-bond acceptors (Lipinski definition) is 1. The maximum Gasteiger partial charge on any atom is 0.335 e. The number of benzene rings is 1. The molecule has 0 aliphatic rings. The molecule has 0 saturated carbocycles. The summed E-state index contributed by atoms with van der Waals surface area (Å²) in [6.45, 7) is 6.24. The normalized spacial score (nSPS) is 11.2. The van der Waals surface area contributed by atoms with Gasteiger partial charge in [0.1, 0.15) is 0 Å². The summed E-state index contributed by atoms with van der Waals surface area (Å²) in [7, 11) is 0. The number of carbonyl (C=O) groups is 1. The molecule has 0 aliphatic carbocycles. The minimum Gasteiger partial charge on any atom is -0.478 e. The summed E-state index contributed by atoms with van der Waals surface area (Å²) in [4.78, 5) is 10.9. The maximum atomic E-state index is 10.9. The van der Waals surface area contributed by atoms with Gasteiger partial charge in [0.15, 0.2) is 0 Å². The van der Waals surface area contributed by atoms with E-state index < -0.39 is 5.97 Å². The summed E-state index contributed by atoms with van der Waals surface area (Å²) in [6.07, 6.45) is 2.07. The number of nitrogens with zero attached hydrogens (tertiary/aromatic N) is 1. The molecule has 0 unspecified atom stereocenters. The molecule has 1 aromatic carbocycles. The second-order valence-electron chi connectivity index (χ2n) is 4.35. The predicted octanol–water partition coefficient (Wildman–Crippen LogP) is 3.23. The molecule has 0 fully saturated rings. The number of carboxylic acid groups (broad SMARTS) is 1. The van der Waals surface area contributed by atoms with E-state index in [1.165, 1.54) is 0 Å². The van der Waals surface area contributed by atoms with Crippen molar-refractivity contribution in [2.75, 3.05) is 0 Å². The lowest BCUT2D eigenvalue weighted by molar-refractivity contribution is 0.0697. The van der Waals surface area contributed by atoms with E-state index in [0.29, 0.717) is 11.6 Å². The Hall–Kier alpha value is -1.77. The SMILES string of the molecule is Cc1cn(C(C)C)c2ccc(C(=O)O)cc12. The summed E-state index contributed by atoms with van der Waals surface area (Å²) < 4.78 is 2.16. The van der Waals surface area contributed by atoms with E-state index in [9.17, 15) is 4.79 Å². The van der Waals surface area contributed by atoms with Crippen molar-refractivity contribution in [3.05, 3.63) is 35.5 Å². The van der Waals surface area contributed by atoms with Gasteiger partial charge in [0, 0.05) is 23.1 Å². The highest BCUT2D eigenvalue weighted by molar-refractivity contribution is 5.94. The van der Waals surface area contributed by atoms with Crippen molar-refractivity contribution < 1.29 is 9.90 Å². The lowest BCUT2D eigenvalue weighted by Gasteiger charge is -2.08. The van der Waals surface area contributed by atoms with E-state index in [-0.39, 0.29) is 0 Å². The summed E-state index contributed by atoms with van der Waals surface area (Å²) in [5.41, 5.74) is 2.56. The quantitative estimate of drug-likeness (QED) is 0.839. The molecule has 2 aromatic rings. The van der Waals surface area contributed by atoms with Crippen LogP contribution < -0.4 is 0 Å². The molecule has 0 atom stereocenters. The first-order chi connectivity index (χ1) is 7.50. The first-order valence-electron chi connectivity index (χ1n) is 5.35. The van der Waals surface area contributed by atoms with Crippen LogP contribution in [0.2, 0.25) is 0 Å². The molecule has 84 valence electrons. The fourth-order valence-electron chi connectivity index (χ4n) is 1.99. The number of carboxylic acids is 1. The van der Waals surface area contributed by atoms with Crippen molar-refractivity contribution in [1.29, 1.82) is 0 Å². The van der Waals surface area contributed by atoms with Crippen molar-refractivity contribution in [2.24, 2.45) is 0 Å². The molecular weight excluding hydrogens is 202 g/mol. The fraction of sp³-hybridized carbons (Fsp3) is 0.308. The van der Waals surface area contributed by atoms with Crippen LogP contribution in [0.25, 0.3) is 10.9 Å². The number of hydrogen-bond donors (Lipinski definition) is 1. The zero-order valence-corrected chi connectivity index (χ0v) is 9.69. The van der Waals surface area contributed by atoms with Gasteiger partial charge in [-0.25, -0.2) is 4.79 Å². The van der Waals surface area contributed by atoms with Gasteiger partial charge in [-0.05, 0) is 44.5 Å². The van der Waals surface area contributed by atoms with Crippen LogP contribution in [0.5, 0.6) is 0 Å². The highest BCUT2D eigenvalue weighted by atomic mass is 16.4. The molecule has 1 aromatic heterocycles. The van der Waals surface area contributed by atoms with E-state index in [1.807, 2.05) is 13.0 Å². The smallest absolute Gasteiger partial charge is 0.335 e. The molecular formula is C13H15NO2. The Labute approximate surface area is 94.3 Å². The number of rotatable bonds is 2. The van der Waals surface area contributed by atoms with Crippen LogP contribution in [-0.2, 0) is 0 Å². The highest BCUT2D eigenvalue weighted by Crippen LogP contribution is 2.25. The minimum atomic E-state index is -0.876. The topological polar surface area (TPSA) is 42.2 Å². The average molecular weight is 217 g/mol. The molecule has 0 aliphatic heterocycles. The van der Waals surface area contributed by atoms with E-state index in [1.54, 1.807) is 12.1 Å². The van der Waals surface area contributed by atoms with Crippen LogP contribution in [0.1, 0.15) is 35.8 Å². The third-order valence-corrected chi connectivity index (χ3v) is 2.84. The fourth-order valence-corrected chi connectivity index (χ4v) is 1.99. The Morgan fingerprint density at radius 2 is 2.06 bits per heavy atom. The third-order valence-electron chi connectivity index (χ3n) is 2.84. The van der Waals surface area contributed by atoms with Crippen LogP contribution >= 0.6 is 0 Å². The predicted molar refractivity (Wildman–Crippen MR) is 64.0 cm³/mol. The molecule has 0 radical (unpaired) electrons. The molecule has 1 heterocycles. The second-order valence-corrected chi connectivity index (χ2v) is 4.35. The van der Waals surface area contributed by atoms with Gasteiger partial charge in [0.25, 0.3) is 0 Å². The van der Waals surface area contributed by atoms with Gasteiger partial charge in [-0.2, -0.15) is 0 Å². The second kappa shape index (κ2) is 3.67. The first-order valence-corrected chi connectivity index (χ1v) is 5.35. The molecule has 0 amide bonds. The van der Waals surface area contributed by atoms with Gasteiger partial charge in [-0.3, -0.25) is 0 Å². The van der Waals surface area contributed by atoms with Gasteiger partial charge >= 0.3 is 5.97 Å². The molecule has 2 rings (SSSR count). The number of aromatic nitrogens is 1. The monoisotopic (exact) mass is 217 g/mol. The third kappa shape index (κ3) is 1.58. The standard InChI is InChI=1S/C13H15NO2/c1-8(2)14-7-9(3)11-6-10(13(15)16)4-5-12(11)14/h4-8H,1-3H3,(H,15,16). The summed E-state index contributed by atoms with van der Waals surface area (Å²) in [5, 5.41) is 9.97. The summed E-state index contributed by atoms with van der Waals surface area (Å²) in [5.74, 6) is -0.876. The highest BCUT2D eigenvalue weighted by Gasteiger charge is 2.10. The largest absolute Gasteiger partial charge is 0.478 e. The van der Waals surface area contributed by atoms with Crippen LogP contribution in [0.4, 0.5) is 0 Å². The van der Waals surface area contributed by atoms with Gasteiger partial charge < -0.3 is 9.67 Å². The van der Waals surface area contributed by atoms with Crippen molar-refractivity contribution in [2.45, 2.75) is 26.8 Å². The Morgan fingerprint density at radius 1 is 1.38 bits per heavy atom. The van der Waals surface area contributed by atoms with Gasteiger partial charge in [0.2, 0.25) is 0 Å². The molecule has 0 saturated heterocycles. The zero-order valence-electron chi connectivity index (χ0n) is 9.69. The van der Waals surface area contributed by atoms with E-state index in [0.717, 1.165) is 16.5 Å². The molecule has 0 bridgehead atoms. The Balaban J connectivity index is 2.71. The number of aromatic carboxylic acids is 1. The number of aryl methyl sites for hydroxylation is 1. The van der Waals surface area contributed by atoms with Crippen molar-refractivity contribution in [1.82, 2.24) is 4.57 Å². The van der Waals surface area contributed by atoms with Crippen LogP contribution in [0.3, 0.4) is 0 Å². The van der Waals surface area contributed by atoms with Gasteiger partial charge in [-0.1, -0.05) is 0 Å². The van der Waals surface area contributed by atoms with Gasteiger partial charge in [0.05, 0.1) is 5.56 Å². The Bertz CT molecular complexity index is 552. The summed E-state index contributed by atoms with van der Waals surface area (Å²) >= 11 is 0. The lowest BCUT2D eigenvalue weighted by Crippen LogP contribution is -1.99. The minimum absolute atomic E-state index is 0.345. The van der Waals surface area contributed by atoms with Crippen LogP contribution in [-0.4, -0.2) is 15.6 Å². The Morgan fingerprint density at radius 3 is 2.62 bits per heavy atom. The lowest BCUT2D eigenvalue weighted by atomic mass is 10.1. The van der Waals surface area contributed by atoms with Crippen LogP contribution in [0.15, 0.2) is 24.4 Å². The molecule has 1 N–H and O–H groups in total. The average Bonchev–Trinajstić information content (AvgIpc) is 2.56. The van der Waals surface area contributed by atoms with Crippen LogP contribution in [0, 0.1) is 6.92 Å². The van der Waals surface area contributed by atoms with E-state index in [2.05, 4.69) is 24.6 Å². The Kier molecular flexibility index (Phi) is 2.46. The van der Waals surface area contributed by atoms with Crippen molar-refractivity contribution in [3.8, 4) is 0 Å². The first kappa shape index (κ1) is 10.7. The molecule has 3 heteroatoms. The van der Waals surface area contributed by atoms with Crippen molar-refractivity contribution >= 4 is 16.9 Å². The summed E-state index contributed by atoms with van der Waals surface area (Å²) in [6, 6.07) is 5.66. The van der Waals surface area contributed by atoms with Crippen molar-refractivity contribution in [3.63, 3.8) is 0 Å². The molecule has 16 heavy (non-hydrogen) atoms. The van der Waals surface area contributed by atoms with E-state index in [4.69, 9.17) is 5.11 Å². The van der Waals surface area contributed by atoms with E-state index >= 15 is 0 Å². The zero-order chi connectivity index (χ0) is 11.9. The number of fused-ring (bicyclic) bond motifs is 1. The molecule has 0 spiro atoms. The maximum absolute atomic E-state index is 10.9.